The topological polar surface area (TPSA) is 51.2 Å². The van der Waals surface area contributed by atoms with Crippen LogP contribution in [0.5, 0.6) is 0 Å². The highest BCUT2D eigenvalue weighted by Gasteiger charge is 2.18. The molecule has 1 aromatic rings. The summed E-state index contributed by atoms with van der Waals surface area (Å²) in [6.45, 7) is 8.05. The van der Waals surface area contributed by atoms with Crippen LogP contribution in [0, 0.1) is 0 Å². The fourth-order valence-electron chi connectivity index (χ4n) is 1.63. The van der Waals surface area contributed by atoms with Crippen molar-refractivity contribution in [3.05, 3.63) is 29.8 Å². The zero-order valence-electron chi connectivity index (χ0n) is 12.0. The predicted octanol–water partition coefficient (Wildman–Crippen LogP) is 2.53. The molecule has 0 unspecified atom stereocenters. The van der Waals surface area contributed by atoms with Crippen LogP contribution >= 0.6 is 0 Å². The van der Waals surface area contributed by atoms with Crippen molar-refractivity contribution in [2.75, 3.05) is 17.3 Å². The lowest BCUT2D eigenvalue weighted by molar-refractivity contribution is 0.586. The van der Waals surface area contributed by atoms with Gasteiger partial charge < -0.3 is 0 Å². The summed E-state index contributed by atoms with van der Waals surface area (Å²) in [7, 11) is -4.37. The highest BCUT2D eigenvalue weighted by Crippen LogP contribution is 2.23. The molecule has 108 valence electrons. The van der Waals surface area contributed by atoms with E-state index in [1.54, 1.807) is 19.1 Å². The Hall–Kier alpha value is -0.680. The minimum Gasteiger partial charge on any atom is -0.260 e. The van der Waals surface area contributed by atoms with Gasteiger partial charge in [0.15, 0.2) is 9.84 Å². The monoisotopic (exact) mass is 302 g/mol. The Labute approximate surface area is 118 Å². The van der Waals surface area contributed by atoms with Gasteiger partial charge in [0, 0.05) is 22.3 Å². The third-order valence-corrected chi connectivity index (χ3v) is 6.27. The lowest BCUT2D eigenvalue weighted by atomic mass is 9.87. The average Bonchev–Trinajstić information content (AvgIpc) is 2.35. The van der Waals surface area contributed by atoms with Crippen LogP contribution in [0.2, 0.25) is 0 Å². The molecule has 0 radical (unpaired) electrons. The summed E-state index contributed by atoms with van der Waals surface area (Å²) in [4.78, 5) is 0.314. The molecule has 5 heteroatoms. The van der Waals surface area contributed by atoms with E-state index in [9.17, 15) is 12.6 Å². The van der Waals surface area contributed by atoms with Gasteiger partial charge in [0.1, 0.15) is 0 Å². The van der Waals surface area contributed by atoms with E-state index in [-0.39, 0.29) is 16.9 Å². The van der Waals surface area contributed by atoms with Gasteiger partial charge in [-0.25, -0.2) is 8.42 Å². The Balaban J connectivity index is 2.88. The van der Waals surface area contributed by atoms with E-state index in [2.05, 4.69) is 20.8 Å². The molecule has 1 rings (SSSR count). The Morgan fingerprint density at radius 2 is 1.63 bits per heavy atom. The van der Waals surface area contributed by atoms with Gasteiger partial charge in [-0.05, 0) is 23.1 Å². The molecule has 0 spiro atoms. The first-order chi connectivity index (χ1) is 8.66. The lowest BCUT2D eigenvalue weighted by Crippen LogP contribution is -2.15. The molecule has 0 fully saturated rings. The molecule has 1 atom stereocenters. The average molecular weight is 302 g/mol. The highest BCUT2D eigenvalue weighted by molar-refractivity contribution is 7.93. The van der Waals surface area contributed by atoms with Crippen LogP contribution in [0.3, 0.4) is 0 Å². The molecule has 0 bridgehead atoms. The molecule has 0 aliphatic rings. The third-order valence-electron chi connectivity index (χ3n) is 2.98. The summed E-state index contributed by atoms with van der Waals surface area (Å²) < 4.78 is 35.5. The van der Waals surface area contributed by atoms with E-state index in [1.165, 1.54) is 0 Å². The van der Waals surface area contributed by atoms with E-state index in [1.807, 2.05) is 12.1 Å². The summed E-state index contributed by atoms with van der Waals surface area (Å²) in [5.74, 6) is 0.653. The first-order valence-corrected chi connectivity index (χ1v) is 9.49. The zero-order valence-corrected chi connectivity index (χ0v) is 13.6. The second kappa shape index (κ2) is 6.18. The summed E-state index contributed by atoms with van der Waals surface area (Å²) >= 11 is 0. The molecule has 19 heavy (non-hydrogen) atoms. The summed E-state index contributed by atoms with van der Waals surface area (Å²) in [5.41, 5.74) is 1.11. The van der Waals surface area contributed by atoms with Crippen LogP contribution in [0.15, 0.2) is 29.2 Å². The van der Waals surface area contributed by atoms with E-state index >= 15 is 0 Å². The minimum absolute atomic E-state index is 0.00595. The van der Waals surface area contributed by atoms with Gasteiger partial charge in [-0.15, -0.1) is 0 Å². The SMILES string of the molecule is CC[S@](=O)CCS(=O)(=O)c1ccc(C(C)(C)C)cc1. The smallest absolute Gasteiger partial charge is 0.179 e. The quantitative estimate of drug-likeness (QED) is 0.840. The normalized spacial score (nSPS) is 14.3. The van der Waals surface area contributed by atoms with Gasteiger partial charge in [0.25, 0.3) is 0 Å². The van der Waals surface area contributed by atoms with Crippen molar-refractivity contribution in [1.82, 2.24) is 0 Å². The maximum absolute atomic E-state index is 12.1. The first-order valence-electron chi connectivity index (χ1n) is 6.35. The predicted molar refractivity (Wildman–Crippen MR) is 80.7 cm³/mol. The number of hydrogen-bond acceptors (Lipinski definition) is 3. The first kappa shape index (κ1) is 16.4. The lowest BCUT2D eigenvalue weighted by Gasteiger charge is -2.19. The van der Waals surface area contributed by atoms with Crippen LogP contribution in [0.1, 0.15) is 33.3 Å². The van der Waals surface area contributed by atoms with Crippen LogP contribution in [0.25, 0.3) is 0 Å². The molecule has 0 aliphatic heterocycles. The zero-order chi connectivity index (χ0) is 14.7. The molecular formula is C14H22O3S2. The van der Waals surface area contributed by atoms with Crippen molar-refractivity contribution in [3.8, 4) is 0 Å². The largest absolute Gasteiger partial charge is 0.260 e. The van der Waals surface area contributed by atoms with Crippen molar-refractivity contribution in [3.63, 3.8) is 0 Å². The van der Waals surface area contributed by atoms with Gasteiger partial charge in [0.2, 0.25) is 0 Å². The molecule has 0 saturated heterocycles. The molecule has 0 aromatic heterocycles. The molecule has 1 aromatic carbocycles. The van der Waals surface area contributed by atoms with E-state index in [0.717, 1.165) is 5.56 Å². The summed E-state index contributed by atoms with van der Waals surface area (Å²) in [6.07, 6.45) is 0. The van der Waals surface area contributed by atoms with Crippen LogP contribution in [0.4, 0.5) is 0 Å². The van der Waals surface area contributed by atoms with Gasteiger partial charge in [-0.1, -0.05) is 39.8 Å². The van der Waals surface area contributed by atoms with Gasteiger partial charge in [0.05, 0.1) is 10.6 Å². The standard InChI is InChI=1S/C14H22O3S2/c1-5-18(15)10-11-19(16,17)13-8-6-12(7-9-13)14(2,3)4/h6-9H,5,10-11H2,1-4H3/t18-/m0/s1. The van der Waals surface area contributed by atoms with Crippen LogP contribution in [-0.2, 0) is 26.1 Å². The Bertz CT molecular complexity index is 537. The second-order valence-electron chi connectivity index (χ2n) is 5.53. The molecule has 0 N–H and O–H groups in total. The molecule has 0 saturated carbocycles. The van der Waals surface area contributed by atoms with Crippen LogP contribution < -0.4 is 0 Å². The van der Waals surface area contributed by atoms with Gasteiger partial charge >= 0.3 is 0 Å². The Morgan fingerprint density at radius 3 is 2.05 bits per heavy atom. The molecule has 0 aliphatic carbocycles. The number of hydrogen-bond donors (Lipinski definition) is 0. The Morgan fingerprint density at radius 1 is 1.11 bits per heavy atom. The van der Waals surface area contributed by atoms with E-state index in [4.69, 9.17) is 0 Å². The van der Waals surface area contributed by atoms with Gasteiger partial charge in [-0.3, -0.25) is 4.21 Å². The third kappa shape index (κ3) is 4.73. The van der Waals surface area contributed by atoms with Crippen molar-refractivity contribution in [2.24, 2.45) is 0 Å². The molecule has 3 nitrogen and oxygen atoms in total. The fourth-order valence-corrected chi connectivity index (χ4v) is 4.32. The summed E-state index contributed by atoms with van der Waals surface area (Å²) in [5, 5.41) is 0. The van der Waals surface area contributed by atoms with E-state index in [0.29, 0.717) is 10.6 Å². The van der Waals surface area contributed by atoms with Crippen molar-refractivity contribution < 1.29 is 12.6 Å². The molecular weight excluding hydrogens is 280 g/mol. The van der Waals surface area contributed by atoms with Gasteiger partial charge in [-0.2, -0.15) is 0 Å². The van der Waals surface area contributed by atoms with Crippen molar-refractivity contribution in [1.29, 1.82) is 0 Å². The maximum Gasteiger partial charge on any atom is 0.179 e. The maximum atomic E-state index is 12.1. The highest BCUT2D eigenvalue weighted by atomic mass is 32.2. The van der Waals surface area contributed by atoms with E-state index < -0.39 is 20.6 Å². The minimum atomic E-state index is -3.32. The van der Waals surface area contributed by atoms with Crippen LogP contribution in [-0.4, -0.2) is 29.9 Å². The fraction of sp³-hybridized carbons (Fsp3) is 0.571. The summed E-state index contributed by atoms with van der Waals surface area (Å²) in [6, 6.07) is 6.99. The van der Waals surface area contributed by atoms with Crippen molar-refractivity contribution in [2.45, 2.75) is 38.0 Å². The number of rotatable bonds is 5. The Kier molecular flexibility index (Phi) is 5.33. The molecule has 0 amide bonds. The van der Waals surface area contributed by atoms with Crippen molar-refractivity contribution >= 4 is 20.6 Å². The second-order valence-corrected chi connectivity index (χ2v) is 9.50. The number of sulfone groups is 1. The molecule has 0 heterocycles. The number of benzene rings is 1.